The number of amides is 3. The Morgan fingerprint density at radius 1 is 1.10 bits per heavy atom. The zero-order chi connectivity index (χ0) is 28.8. The third kappa shape index (κ3) is 5.22. The fraction of sp³-hybridized carbons (Fsp3) is 0.333. The van der Waals surface area contributed by atoms with E-state index in [1.54, 1.807) is 35.0 Å². The van der Waals surface area contributed by atoms with Gasteiger partial charge < -0.3 is 15.0 Å². The summed E-state index contributed by atoms with van der Waals surface area (Å²) in [6.07, 6.45) is 8.52. The number of nitrogens with one attached hydrogen (secondary N) is 2. The number of imidazole rings is 1. The highest BCUT2D eigenvalue weighted by molar-refractivity contribution is 7.91. The van der Waals surface area contributed by atoms with Gasteiger partial charge >= 0.3 is 6.03 Å². The number of urea groups is 1. The molecule has 1 aromatic carbocycles. The summed E-state index contributed by atoms with van der Waals surface area (Å²) < 4.78 is 19.0. The average molecular weight is 572 g/mol. The van der Waals surface area contributed by atoms with Crippen LogP contribution in [0.2, 0.25) is 0 Å². The number of nitrogens with zero attached hydrogens (tertiary/aromatic N) is 4. The number of aryl methyl sites for hydroxylation is 1. The first-order chi connectivity index (χ1) is 19.6. The van der Waals surface area contributed by atoms with E-state index in [2.05, 4.69) is 33.8 Å². The van der Waals surface area contributed by atoms with E-state index in [1.807, 2.05) is 24.4 Å². The Labute approximate surface area is 239 Å². The first kappa shape index (κ1) is 27.1. The molecular weight excluding hydrogens is 538 g/mol. The van der Waals surface area contributed by atoms with Crippen LogP contribution in [0.3, 0.4) is 0 Å². The second-order valence-electron chi connectivity index (χ2n) is 11.3. The minimum atomic E-state index is -3.46. The Kier molecular flexibility index (Phi) is 6.87. The number of benzene rings is 1. The first-order valence-corrected chi connectivity index (χ1v) is 15.4. The normalized spacial score (nSPS) is 16.6. The Hall–Kier alpha value is -4.09. The van der Waals surface area contributed by atoms with Gasteiger partial charge in [-0.15, -0.1) is 4.36 Å². The fourth-order valence-corrected chi connectivity index (χ4v) is 6.74. The van der Waals surface area contributed by atoms with Crippen LogP contribution in [0.25, 0.3) is 5.52 Å². The summed E-state index contributed by atoms with van der Waals surface area (Å²) in [7, 11) is -3.46. The molecular formula is C30H33N7O3S. The minimum absolute atomic E-state index is 0.0523. The molecule has 3 amide bonds. The highest BCUT2D eigenvalue weighted by Crippen LogP contribution is 2.44. The minimum Gasteiger partial charge on any atom is -0.350 e. The molecule has 2 aliphatic rings. The number of hydrogen-bond donors (Lipinski definition) is 3. The summed E-state index contributed by atoms with van der Waals surface area (Å²) in [6.45, 7) is 4.75. The largest absolute Gasteiger partial charge is 0.354 e. The lowest BCUT2D eigenvalue weighted by Gasteiger charge is -2.20. The lowest BCUT2D eigenvalue weighted by molar-refractivity contribution is 0.0951. The monoisotopic (exact) mass is 571 g/mol. The van der Waals surface area contributed by atoms with Crippen molar-refractivity contribution in [2.45, 2.75) is 62.7 Å². The van der Waals surface area contributed by atoms with E-state index in [9.17, 15) is 13.8 Å². The Morgan fingerprint density at radius 2 is 1.90 bits per heavy atom. The fourth-order valence-electron chi connectivity index (χ4n) is 5.81. The zero-order valence-electron chi connectivity index (χ0n) is 23.1. The van der Waals surface area contributed by atoms with Gasteiger partial charge in [0.1, 0.15) is 16.2 Å². The molecule has 0 aliphatic heterocycles. The van der Waals surface area contributed by atoms with Crippen molar-refractivity contribution in [1.29, 1.82) is 0 Å². The molecule has 0 saturated carbocycles. The number of aromatic nitrogens is 3. The van der Waals surface area contributed by atoms with Crippen molar-refractivity contribution in [1.82, 2.24) is 19.7 Å². The van der Waals surface area contributed by atoms with Crippen molar-refractivity contribution in [3.05, 3.63) is 88.8 Å². The van der Waals surface area contributed by atoms with Crippen LogP contribution >= 0.6 is 0 Å². The summed E-state index contributed by atoms with van der Waals surface area (Å²) in [5.74, 6) is -0.251. The molecule has 0 radical (unpaired) electrons. The summed E-state index contributed by atoms with van der Waals surface area (Å²) >= 11 is 0. The van der Waals surface area contributed by atoms with E-state index >= 15 is 0 Å². The van der Waals surface area contributed by atoms with Crippen LogP contribution in [0.4, 0.5) is 10.5 Å². The first-order valence-electron chi connectivity index (χ1n) is 13.8. The van der Waals surface area contributed by atoms with Crippen molar-refractivity contribution in [2.75, 3.05) is 11.9 Å². The second-order valence-corrected chi connectivity index (χ2v) is 13.1. The maximum atomic E-state index is 13.3. The topological polar surface area (TPSA) is 144 Å². The predicted octanol–water partition coefficient (Wildman–Crippen LogP) is 4.35. The van der Waals surface area contributed by atoms with Crippen LogP contribution in [-0.2, 0) is 41.0 Å². The number of nitrogens with two attached hydrogens (primary N) is 1. The summed E-state index contributed by atoms with van der Waals surface area (Å²) in [5.41, 5.74) is 6.93. The molecule has 10 nitrogen and oxygen atoms in total. The molecule has 3 aromatic heterocycles. The quantitative estimate of drug-likeness (QED) is 0.315. The van der Waals surface area contributed by atoms with E-state index in [0.717, 1.165) is 71.4 Å². The number of fused-ring (bicyclic) bond motifs is 3. The van der Waals surface area contributed by atoms with Crippen LogP contribution in [-0.4, -0.2) is 37.1 Å². The Morgan fingerprint density at radius 3 is 2.71 bits per heavy atom. The Balaban J connectivity index is 1.12. The summed E-state index contributed by atoms with van der Waals surface area (Å²) in [5, 5.41) is 11.9. The molecule has 1 atom stereocenters. The van der Waals surface area contributed by atoms with Crippen molar-refractivity contribution in [3.8, 4) is 0 Å². The van der Waals surface area contributed by atoms with Gasteiger partial charge in [0.2, 0.25) is 0 Å². The number of carbonyl (C=O) groups is 2. The highest BCUT2D eigenvalue weighted by atomic mass is 32.2. The van der Waals surface area contributed by atoms with E-state index in [-0.39, 0.29) is 16.2 Å². The molecule has 0 fully saturated rings. The summed E-state index contributed by atoms with van der Waals surface area (Å²) in [6, 6.07) is 11.6. The third-order valence-electron chi connectivity index (χ3n) is 8.04. The van der Waals surface area contributed by atoms with Crippen LogP contribution in [0.5, 0.6) is 0 Å². The van der Waals surface area contributed by atoms with Crippen LogP contribution in [0, 0.1) is 0 Å². The van der Waals surface area contributed by atoms with Gasteiger partial charge in [0.05, 0.1) is 21.8 Å². The number of anilines is 1. The average Bonchev–Trinajstić information content (AvgIpc) is 3.66. The zero-order valence-corrected chi connectivity index (χ0v) is 24.0. The lowest BCUT2D eigenvalue weighted by Crippen LogP contribution is -2.26. The SMILES string of the molecule is CC1(C)CCc2c1nc1c(c2NC(=O)N=S(N)(=O)c2ccc(CCNC(=O)c3ncn4ccccc34)cc2)CCC1. The van der Waals surface area contributed by atoms with E-state index in [4.69, 9.17) is 10.1 Å². The van der Waals surface area contributed by atoms with Crippen molar-refractivity contribution in [2.24, 2.45) is 9.50 Å². The molecule has 0 bridgehead atoms. The second kappa shape index (κ2) is 10.4. The molecule has 2 aliphatic carbocycles. The van der Waals surface area contributed by atoms with Gasteiger partial charge in [-0.3, -0.25) is 9.78 Å². The molecule has 1 unspecified atom stereocenters. The maximum absolute atomic E-state index is 13.3. The van der Waals surface area contributed by atoms with Crippen LogP contribution in [0.15, 0.2) is 64.2 Å². The maximum Gasteiger partial charge on any atom is 0.354 e. The molecule has 0 spiro atoms. The standard InChI is InChI=1S/C30H33N7O3S/c1-30(2)15-13-22-25(21-6-5-7-23(21)34-27(22)30)35-29(39)36-41(31,40)20-11-9-19(10-12-20)14-16-32-28(38)26-24-8-3-4-17-37(24)18-33-26/h3-4,8-12,17-18H,5-7,13-16H2,1-2H3,(H,32,38)(H3,31,34,35,36,39,40). The number of hydrogen-bond acceptors (Lipinski definition) is 5. The van der Waals surface area contributed by atoms with Crippen LogP contribution < -0.4 is 15.8 Å². The number of carbonyl (C=O) groups excluding carboxylic acids is 2. The van der Waals surface area contributed by atoms with Gasteiger partial charge in [-0.25, -0.2) is 19.1 Å². The molecule has 11 heteroatoms. The molecule has 41 heavy (non-hydrogen) atoms. The van der Waals surface area contributed by atoms with Gasteiger partial charge in [-0.2, -0.15) is 0 Å². The predicted molar refractivity (Wildman–Crippen MR) is 157 cm³/mol. The molecule has 0 saturated heterocycles. The summed E-state index contributed by atoms with van der Waals surface area (Å²) in [4.78, 5) is 35.0. The van der Waals surface area contributed by atoms with Gasteiger partial charge in [0.15, 0.2) is 5.69 Å². The van der Waals surface area contributed by atoms with E-state index < -0.39 is 15.9 Å². The molecule has 4 N–H and O–H groups in total. The molecule has 212 valence electrons. The third-order valence-corrected chi connectivity index (χ3v) is 9.42. The van der Waals surface area contributed by atoms with Gasteiger partial charge in [0, 0.05) is 23.9 Å². The highest BCUT2D eigenvalue weighted by Gasteiger charge is 2.36. The smallest absolute Gasteiger partial charge is 0.350 e. The molecule has 4 aromatic rings. The van der Waals surface area contributed by atoms with Gasteiger partial charge in [0.25, 0.3) is 5.91 Å². The number of rotatable bonds is 6. The lowest BCUT2D eigenvalue weighted by atomic mass is 9.90. The number of pyridine rings is 2. The molecule has 6 rings (SSSR count). The van der Waals surface area contributed by atoms with Crippen molar-refractivity contribution < 1.29 is 13.8 Å². The Bertz CT molecular complexity index is 1800. The van der Waals surface area contributed by atoms with Crippen molar-refractivity contribution >= 4 is 33.1 Å². The van der Waals surface area contributed by atoms with Crippen LogP contribution in [0.1, 0.15) is 65.3 Å². The molecule has 3 heterocycles. The van der Waals surface area contributed by atoms with E-state index in [1.165, 1.54) is 0 Å². The van der Waals surface area contributed by atoms with E-state index in [0.29, 0.717) is 18.7 Å². The van der Waals surface area contributed by atoms with Crippen molar-refractivity contribution in [3.63, 3.8) is 0 Å². The van der Waals surface area contributed by atoms with Gasteiger partial charge in [-0.05, 0) is 79.5 Å². The van der Waals surface area contributed by atoms with Gasteiger partial charge in [-0.1, -0.05) is 32.0 Å².